The Morgan fingerprint density at radius 1 is 1.27 bits per heavy atom. The highest BCUT2D eigenvalue weighted by Crippen LogP contribution is 2.44. The van der Waals surface area contributed by atoms with Gasteiger partial charge in [0.05, 0.1) is 0 Å². The van der Waals surface area contributed by atoms with E-state index in [0.29, 0.717) is 30.8 Å². The first kappa shape index (κ1) is 14.5. The van der Waals surface area contributed by atoms with Crippen molar-refractivity contribution in [1.29, 1.82) is 0 Å². The van der Waals surface area contributed by atoms with Crippen molar-refractivity contribution in [3.63, 3.8) is 0 Å². The molecule has 2 saturated heterocycles. The molecule has 3 fully saturated rings. The molecule has 2 bridgehead atoms. The van der Waals surface area contributed by atoms with Crippen LogP contribution in [0.4, 0.5) is 5.82 Å². The van der Waals surface area contributed by atoms with Crippen LogP contribution in [0.25, 0.3) is 11.2 Å². The summed E-state index contributed by atoms with van der Waals surface area (Å²) in [5.41, 5.74) is 1.46. The molecule has 0 radical (unpaired) electrons. The van der Waals surface area contributed by atoms with E-state index < -0.39 is 0 Å². The van der Waals surface area contributed by atoms with Crippen molar-refractivity contribution in [1.82, 2.24) is 19.9 Å². The summed E-state index contributed by atoms with van der Waals surface area (Å²) in [4.78, 5) is 18.7. The number of aromatic amines is 1. The van der Waals surface area contributed by atoms with Gasteiger partial charge >= 0.3 is 0 Å². The number of hydrogen-bond donors (Lipinski definition) is 1. The van der Waals surface area contributed by atoms with E-state index in [0.717, 1.165) is 36.0 Å². The summed E-state index contributed by atoms with van der Waals surface area (Å²) in [7, 11) is 0. The molecule has 6 nitrogen and oxygen atoms in total. The molecule has 2 aromatic heterocycles. The summed E-state index contributed by atoms with van der Waals surface area (Å²) in [6, 6.07) is 0.589. The second-order valence-corrected chi connectivity index (χ2v) is 6.65. The van der Waals surface area contributed by atoms with Crippen LogP contribution in [0.15, 0.2) is 0 Å². The molecule has 2 aliphatic heterocycles. The van der Waals surface area contributed by atoms with Crippen LogP contribution >= 0.6 is 23.2 Å². The Morgan fingerprint density at radius 2 is 2.14 bits per heavy atom. The third-order valence-electron chi connectivity index (χ3n) is 4.39. The largest absolute Gasteiger partial charge is 0.373 e. The van der Waals surface area contributed by atoms with Gasteiger partial charge in [-0.1, -0.05) is 0 Å². The van der Waals surface area contributed by atoms with E-state index >= 15 is 0 Å². The fourth-order valence-corrected chi connectivity index (χ4v) is 3.57. The van der Waals surface area contributed by atoms with E-state index in [1.165, 1.54) is 12.8 Å². The van der Waals surface area contributed by atoms with Crippen LogP contribution in [0.3, 0.4) is 0 Å². The predicted octanol–water partition coefficient (Wildman–Crippen LogP) is 2.75. The van der Waals surface area contributed by atoms with Gasteiger partial charge in [-0.3, -0.25) is 0 Å². The number of hydrogen-bond acceptors (Lipinski definition) is 5. The highest BCUT2D eigenvalue weighted by Gasteiger charge is 2.44. The molecule has 0 aromatic carbocycles. The Bertz CT molecular complexity index is 685. The molecule has 1 aliphatic carbocycles. The van der Waals surface area contributed by atoms with Crippen LogP contribution in [-0.2, 0) is 11.3 Å². The molecule has 3 aliphatic rings. The lowest BCUT2D eigenvalue weighted by atomic mass is 9.86. The Hall–Kier alpha value is -1.11. The Kier molecular flexibility index (Phi) is 3.84. The smallest absolute Gasteiger partial charge is 0.226 e. The van der Waals surface area contributed by atoms with E-state index in [-0.39, 0.29) is 5.28 Å². The van der Waals surface area contributed by atoms with Crippen molar-refractivity contribution in [3.8, 4) is 0 Å². The average molecular weight is 342 g/mol. The number of imidazole rings is 1. The zero-order valence-electron chi connectivity index (χ0n) is 12.1. The van der Waals surface area contributed by atoms with Crippen LogP contribution in [0, 0.1) is 5.92 Å². The molecule has 0 atom stereocenters. The molecule has 0 spiro atoms. The minimum atomic E-state index is 0.243. The van der Waals surface area contributed by atoms with Crippen LogP contribution in [0.5, 0.6) is 0 Å². The van der Waals surface area contributed by atoms with Crippen molar-refractivity contribution in [2.75, 3.05) is 23.9 Å². The van der Waals surface area contributed by atoms with Gasteiger partial charge in [-0.15, -0.1) is 11.6 Å². The second kappa shape index (κ2) is 5.83. The van der Waals surface area contributed by atoms with Gasteiger partial charge in [-0.25, -0.2) is 4.98 Å². The summed E-state index contributed by atoms with van der Waals surface area (Å²) in [6.07, 6.45) is 3.34. The number of aromatic nitrogens is 4. The molecule has 1 saturated carbocycles. The summed E-state index contributed by atoms with van der Waals surface area (Å²) >= 11 is 11.7. The van der Waals surface area contributed by atoms with Crippen molar-refractivity contribution >= 4 is 40.2 Å². The van der Waals surface area contributed by atoms with Crippen LogP contribution < -0.4 is 4.90 Å². The maximum absolute atomic E-state index is 6.07. The lowest BCUT2D eigenvalue weighted by molar-refractivity contribution is 0.117. The Morgan fingerprint density at radius 3 is 2.86 bits per heavy atom. The third-order valence-corrected chi connectivity index (χ3v) is 4.83. The molecular weight excluding hydrogens is 325 g/mol. The zero-order chi connectivity index (χ0) is 15.1. The van der Waals surface area contributed by atoms with Gasteiger partial charge in [0.1, 0.15) is 17.9 Å². The molecule has 118 valence electrons. The van der Waals surface area contributed by atoms with Gasteiger partial charge in [0.25, 0.3) is 0 Å². The van der Waals surface area contributed by atoms with Crippen molar-refractivity contribution in [2.24, 2.45) is 5.92 Å². The first-order valence-corrected chi connectivity index (χ1v) is 8.48. The second-order valence-electron chi connectivity index (χ2n) is 5.94. The minimum absolute atomic E-state index is 0.243. The van der Waals surface area contributed by atoms with Gasteiger partial charge in [0.2, 0.25) is 5.28 Å². The normalized spacial score (nSPS) is 23.3. The number of nitrogens with zero attached hydrogens (tertiary/aromatic N) is 4. The van der Waals surface area contributed by atoms with E-state index in [1.54, 1.807) is 0 Å². The van der Waals surface area contributed by atoms with Crippen molar-refractivity contribution in [3.05, 3.63) is 11.1 Å². The number of nitrogens with one attached hydrogen (secondary N) is 1. The number of halogens is 2. The molecule has 8 heteroatoms. The van der Waals surface area contributed by atoms with Gasteiger partial charge in [-0.2, -0.15) is 9.97 Å². The molecule has 5 rings (SSSR count). The summed E-state index contributed by atoms with van der Waals surface area (Å²) in [5, 5.41) is 0.243. The maximum atomic E-state index is 6.07. The molecule has 1 N–H and O–H groups in total. The van der Waals surface area contributed by atoms with Crippen LogP contribution in [0.1, 0.15) is 25.1 Å². The molecule has 0 amide bonds. The van der Waals surface area contributed by atoms with E-state index in [1.807, 2.05) is 0 Å². The van der Waals surface area contributed by atoms with Crippen LogP contribution in [0.2, 0.25) is 5.28 Å². The minimum Gasteiger partial charge on any atom is -0.373 e. The van der Waals surface area contributed by atoms with Crippen molar-refractivity contribution in [2.45, 2.75) is 31.9 Å². The van der Waals surface area contributed by atoms with Gasteiger partial charge in [0.15, 0.2) is 11.5 Å². The molecule has 0 unspecified atom stereocenters. The Balaban J connectivity index is 1.60. The lowest BCUT2D eigenvalue weighted by Crippen LogP contribution is -2.29. The molecule has 22 heavy (non-hydrogen) atoms. The summed E-state index contributed by atoms with van der Waals surface area (Å²) in [6.45, 7) is 2.08. The number of ether oxygens (including phenoxy) is 1. The Labute approximate surface area is 138 Å². The lowest BCUT2D eigenvalue weighted by Gasteiger charge is -2.26. The highest BCUT2D eigenvalue weighted by atomic mass is 35.5. The SMILES string of the molecule is ClCCCOCc1nc2nc(Cl)nc(N3CC4CC3C4)c2[nH]1. The fraction of sp³-hybridized carbons (Fsp3) is 0.643. The van der Waals surface area contributed by atoms with E-state index in [4.69, 9.17) is 27.9 Å². The average Bonchev–Trinajstić information content (AvgIpc) is 3.14. The molecular formula is C14H17Cl2N5O. The highest BCUT2D eigenvalue weighted by molar-refractivity contribution is 6.28. The first-order chi connectivity index (χ1) is 10.7. The van der Waals surface area contributed by atoms with E-state index in [9.17, 15) is 0 Å². The molecule has 4 heterocycles. The topological polar surface area (TPSA) is 66.9 Å². The number of alkyl halides is 1. The van der Waals surface area contributed by atoms with Gasteiger partial charge in [-0.05, 0) is 36.8 Å². The third kappa shape index (κ3) is 2.53. The number of H-pyrrole nitrogens is 1. The number of anilines is 1. The predicted molar refractivity (Wildman–Crippen MR) is 85.5 cm³/mol. The fourth-order valence-electron chi connectivity index (χ4n) is 3.30. The quantitative estimate of drug-likeness (QED) is 0.497. The monoisotopic (exact) mass is 341 g/mol. The number of rotatable bonds is 6. The number of fused-ring (bicyclic) bond motifs is 2. The standard InChI is InChI=1S/C14H17Cl2N5O/c15-2-1-3-22-7-10-17-11-12(18-10)19-14(16)20-13(11)21-6-8-4-9(21)5-8/h8-9H,1-7H2,(H,17,18,19,20). The summed E-state index contributed by atoms with van der Waals surface area (Å²) in [5.74, 6) is 3.02. The first-order valence-electron chi connectivity index (χ1n) is 7.57. The maximum Gasteiger partial charge on any atom is 0.226 e. The van der Waals surface area contributed by atoms with E-state index in [2.05, 4.69) is 24.8 Å². The zero-order valence-corrected chi connectivity index (χ0v) is 13.6. The van der Waals surface area contributed by atoms with Gasteiger partial charge in [0, 0.05) is 25.1 Å². The van der Waals surface area contributed by atoms with Crippen LogP contribution in [-0.4, -0.2) is 45.0 Å². The molecule has 2 aromatic rings. The van der Waals surface area contributed by atoms with Gasteiger partial charge < -0.3 is 14.6 Å². The summed E-state index contributed by atoms with van der Waals surface area (Å²) < 4.78 is 5.54. The van der Waals surface area contributed by atoms with Crippen molar-refractivity contribution < 1.29 is 4.74 Å².